The minimum absolute atomic E-state index is 0.471. The van der Waals surface area contributed by atoms with Crippen LogP contribution in [0.25, 0.3) is 0 Å². The van der Waals surface area contributed by atoms with Crippen LogP contribution in [0.5, 0.6) is 0 Å². The topological polar surface area (TPSA) is 29.3 Å². The SMILES string of the molecule is Cc1cccc(C(CC(C)CN)N(C)C)c1. The van der Waals surface area contributed by atoms with E-state index in [0.29, 0.717) is 12.0 Å². The zero-order chi connectivity index (χ0) is 12.1. The lowest BCUT2D eigenvalue weighted by Gasteiger charge is -2.27. The highest BCUT2D eigenvalue weighted by Crippen LogP contribution is 2.25. The lowest BCUT2D eigenvalue weighted by Crippen LogP contribution is -2.24. The van der Waals surface area contributed by atoms with E-state index in [1.165, 1.54) is 11.1 Å². The molecule has 2 nitrogen and oxygen atoms in total. The monoisotopic (exact) mass is 220 g/mol. The van der Waals surface area contributed by atoms with Crippen LogP contribution in [0.4, 0.5) is 0 Å². The van der Waals surface area contributed by atoms with Crippen molar-refractivity contribution in [2.75, 3.05) is 20.6 Å². The molecule has 0 aromatic heterocycles. The van der Waals surface area contributed by atoms with Gasteiger partial charge in [0.15, 0.2) is 0 Å². The first-order valence-corrected chi connectivity index (χ1v) is 5.97. The van der Waals surface area contributed by atoms with Crippen LogP contribution < -0.4 is 5.73 Å². The molecule has 2 unspecified atom stereocenters. The standard InChI is InChI=1S/C14H24N2/c1-11-6-5-7-13(8-11)14(16(3)4)9-12(2)10-15/h5-8,12,14H,9-10,15H2,1-4H3. The molecule has 0 aliphatic heterocycles. The van der Waals surface area contributed by atoms with Crippen molar-refractivity contribution in [1.29, 1.82) is 0 Å². The fraction of sp³-hybridized carbons (Fsp3) is 0.571. The van der Waals surface area contributed by atoms with E-state index in [4.69, 9.17) is 5.73 Å². The van der Waals surface area contributed by atoms with Gasteiger partial charge < -0.3 is 10.6 Å². The first kappa shape index (κ1) is 13.2. The van der Waals surface area contributed by atoms with Gasteiger partial charge in [-0.15, -0.1) is 0 Å². The third-order valence-electron chi connectivity index (χ3n) is 3.08. The Hall–Kier alpha value is -0.860. The van der Waals surface area contributed by atoms with E-state index in [2.05, 4.69) is 57.1 Å². The van der Waals surface area contributed by atoms with Crippen molar-refractivity contribution in [2.45, 2.75) is 26.3 Å². The van der Waals surface area contributed by atoms with Gasteiger partial charge in [0, 0.05) is 6.04 Å². The molecule has 0 bridgehead atoms. The molecular weight excluding hydrogens is 196 g/mol. The van der Waals surface area contributed by atoms with Crippen LogP contribution in [0, 0.1) is 12.8 Å². The molecule has 1 rings (SSSR count). The number of nitrogens with zero attached hydrogens (tertiary/aromatic N) is 1. The molecule has 0 aliphatic carbocycles. The molecule has 0 saturated carbocycles. The van der Waals surface area contributed by atoms with Gasteiger partial charge in [0.1, 0.15) is 0 Å². The average Bonchev–Trinajstić information content (AvgIpc) is 2.25. The Morgan fingerprint density at radius 1 is 1.31 bits per heavy atom. The highest BCUT2D eigenvalue weighted by molar-refractivity contribution is 5.25. The summed E-state index contributed by atoms with van der Waals surface area (Å²) in [5, 5.41) is 0. The molecule has 0 radical (unpaired) electrons. The van der Waals surface area contributed by atoms with E-state index in [1.807, 2.05) is 0 Å². The minimum Gasteiger partial charge on any atom is -0.330 e. The molecule has 0 amide bonds. The van der Waals surface area contributed by atoms with Crippen molar-refractivity contribution in [3.8, 4) is 0 Å². The summed E-state index contributed by atoms with van der Waals surface area (Å²) in [7, 11) is 4.27. The van der Waals surface area contributed by atoms with Crippen LogP contribution >= 0.6 is 0 Å². The molecule has 1 aromatic carbocycles. The second-order valence-corrected chi connectivity index (χ2v) is 4.97. The first-order chi connectivity index (χ1) is 7.54. The van der Waals surface area contributed by atoms with Crippen LogP contribution in [0.1, 0.15) is 30.5 Å². The third kappa shape index (κ3) is 3.62. The molecule has 0 spiro atoms. The molecule has 0 fully saturated rings. The largest absolute Gasteiger partial charge is 0.330 e. The van der Waals surface area contributed by atoms with Crippen molar-refractivity contribution < 1.29 is 0 Å². The highest BCUT2D eigenvalue weighted by Gasteiger charge is 2.16. The maximum absolute atomic E-state index is 5.71. The van der Waals surface area contributed by atoms with Crippen LogP contribution in [0.15, 0.2) is 24.3 Å². The maximum Gasteiger partial charge on any atom is 0.0345 e. The van der Waals surface area contributed by atoms with Gasteiger partial charge in [-0.3, -0.25) is 0 Å². The maximum atomic E-state index is 5.71. The molecule has 90 valence electrons. The fourth-order valence-corrected chi connectivity index (χ4v) is 2.00. The Bertz CT molecular complexity index is 320. The minimum atomic E-state index is 0.471. The van der Waals surface area contributed by atoms with E-state index in [1.54, 1.807) is 0 Å². The lowest BCUT2D eigenvalue weighted by atomic mass is 9.94. The van der Waals surface area contributed by atoms with Crippen molar-refractivity contribution in [3.05, 3.63) is 35.4 Å². The van der Waals surface area contributed by atoms with Gasteiger partial charge >= 0.3 is 0 Å². The van der Waals surface area contributed by atoms with Crippen LogP contribution in [0.3, 0.4) is 0 Å². The molecule has 0 aliphatic rings. The van der Waals surface area contributed by atoms with Crippen LogP contribution in [0.2, 0.25) is 0 Å². The smallest absolute Gasteiger partial charge is 0.0345 e. The molecule has 2 heteroatoms. The van der Waals surface area contributed by atoms with Gasteiger partial charge in [0.25, 0.3) is 0 Å². The summed E-state index contributed by atoms with van der Waals surface area (Å²) in [5.41, 5.74) is 8.43. The molecular formula is C14H24N2. The van der Waals surface area contributed by atoms with Crippen molar-refractivity contribution in [1.82, 2.24) is 4.90 Å². The number of nitrogens with two attached hydrogens (primary N) is 1. The van der Waals surface area contributed by atoms with E-state index in [-0.39, 0.29) is 0 Å². The van der Waals surface area contributed by atoms with Gasteiger partial charge in [-0.1, -0.05) is 36.8 Å². The summed E-state index contributed by atoms with van der Waals surface area (Å²) in [4.78, 5) is 2.28. The quantitative estimate of drug-likeness (QED) is 0.826. The second kappa shape index (κ2) is 6.02. The number of hydrogen-bond donors (Lipinski definition) is 1. The summed E-state index contributed by atoms with van der Waals surface area (Å²) < 4.78 is 0. The van der Waals surface area contributed by atoms with Crippen molar-refractivity contribution >= 4 is 0 Å². The number of hydrogen-bond acceptors (Lipinski definition) is 2. The van der Waals surface area contributed by atoms with Gasteiger partial charge in [0.2, 0.25) is 0 Å². The van der Waals surface area contributed by atoms with Gasteiger partial charge in [-0.05, 0) is 45.5 Å². The number of rotatable bonds is 5. The van der Waals surface area contributed by atoms with Gasteiger partial charge in [0.05, 0.1) is 0 Å². The summed E-state index contributed by atoms with van der Waals surface area (Å²) >= 11 is 0. The van der Waals surface area contributed by atoms with Crippen LogP contribution in [-0.4, -0.2) is 25.5 Å². The zero-order valence-corrected chi connectivity index (χ0v) is 10.9. The van der Waals surface area contributed by atoms with Crippen molar-refractivity contribution in [3.63, 3.8) is 0 Å². The molecule has 16 heavy (non-hydrogen) atoms. The number of benzene rings is 1. The predicted molar refractivity (Wildman–Crippen MR) is 70.4 cm³/mol. The normalized spacial score (nSPS) is 15.1. The molecule has 2 N–H and O–H groups in total. The zero-order valence-electron chi connectivity index (χ0n) is 10.9. The van der Waals surface area contributed by atoms with E-state index in [9.17, 15) is 0 Å². The Morgan fingerprint density at radius 2 is 2.00 bits per heavy atom. The first-order valence-electron chi connectivity index (χ1n) is 5.97. The summed E-state index contributed by atoms with van der Waals surface area (Å²) in [6.07, 6.45) is 1.12. The highest BCUT2D eigenvalue weighted by atomic mass is 15.1. The second-order valence-electron chi connectivity index (χ2n) is 4.97. The van der Waals surface area contributed by atoms with Crippen LogP contribution in [-0.2, 0) is 0 Å². The molecule has 2 atom stereocenters. The lowest BCUT2D eigenvalue weighted by molar-refractivity contribution is 0.255. The summed E-state index contributed by atoms with van der Waals surface area (Å²) in [6, 6.07) is 9.23. The Kier molecular flexibility index (Phi) is 4.97. The molecule has 0 saturated heterocycles. The average molecular weight is 220 g/mol. The Morgan fingerprint density at radius 3 is 2.50 bits per heavy atom. The Labute approximate surface area is 99.5 Å². The van der Waals surface area contributed by atoms with E-state index in [0.717, 1.165) is 13.0 Å². The van der Waals surface area contributed by atoms with E-state index < -0.39 is 0 Å². The molecule has 1 aromatic rings. The number of aryl methyl sites for hydroxylation is 1. The summed E-state index contributed by atoms with van der Waals surface area (Å²) in [5.74, 6) is 0.563. The molecule has 0 heterocycles. The fourth-order valence-electron chi connectivity index (χ4n) is 2.00. The predicted octanol–water partition coefficient (Wildman–Crippen LogP) is 2.58. The van der Waals surface area contributed by atoms with Gasteiger partial charge in [-0.2, -0.15) is 0 Å². The summed E-state index contributed by atoms with van der Waals surface area (Å²) in [6.45, 7) is 5.12. The van der Waals surface area contributed by atoms with E-state index >= 15 is 0 Å². The third-order valence-corrected chi connectivity index (χ3v) is 3.08. The van der Waals surface area contributed by atoms with Gasteiger partial charge in [-0.25, -0.2) is 0 Å². The Balaban J connectivity index is 2.85. The van der Waals surface area contributed by atoms with Crippen molar-refractivity contribution in [2.24, 2.45) is 11.7 Å².